The van der Waals surface area contributed by atoms with Crippen molar-refractivity contribution in [3.63, 3.8) is 0 Å². The van der Waals surface area contributed by atoms with Crippen LogP contribution in [0.3, 0.4) is 0 Å². The first-order chi connectivity index (χ1) is 19.7. The summed E-state index contributed by atoms with van der Waals surface area (Å²) in [6.07, 6.45) is 0. The first kappa shape index (κ1) is 27.0. The Kier molecular flexibility index (Phi) is 6.82. The van der Waals surface area contributed by atoms with E-state index in [9.17, 15) is 19.2 Å². The van der Waals surface area contributed by atoms with Gasteiger partial charge in [-0.1, -0.05) is 74.0 Å². The molecule has 0 unspecified atom stereocenters. The Labute approximate surface area is 242 Å². The number of nitrogens with zero attached hydrogens (tertiary/aromatic N) is 1. The summed E-state index contributed by atoms with van der Waals surface area (Å²) in [5, 5.41) is 3.01. The molecule has 210 valence electrons. The van der Waals surface area contributed by atoms with Gasteiger partial charge in [-0.3, -0.25) is 19.3 Å². The monoisotopic (exact) mass is 572 g/mol. The molecule has 0 radical (unpaired) electrons. The molecule has 2 bridgehead atoms. The maximum absolute atomic E-state index is 14.1. The van der Waals surface area contributed by atoms with Gasteiger partial charge in [0, 0.05) is 16.9 Å². The summed E-state index contributed by atoms with van der Waals surface area (Å²) in [7, 11) is 1.46. The Morgan fingerprint density at radius 1 is 0.878 bits per heavy atom. The Morgan fingerprint density at radius 3 is 1.85 bits per heavy atom. The van der Waals surface area contributed by atoms with Crippen molar-refractivity contribution in [2.45, 2.75) is 31.7 Å². The molecule has 1 fully saturated rings. The summed E-state index contributed by atoms with van der Waals surface area (Å²) in [4.78, 5) is 55.4. The predicted molar refractivity (Wildman–Crippen MR) is 152 cm³/mol. The summed E-state index contributed by atoms with van der Waals surface area (Å²) in [6, 6.07) is 19.5. The first-order valence-electron chi connectivity index (χ1n) is 13.6. The zero-order chi connectivity index (χ0) is 29.0. The molecular weight excluding hydrogens is 544 g/mol. The molecule has 9 heteroatoms. The fourth-order valence-electron chi connectivity index (χ4n) is 6.84. The number of imide groups is 1. The third-order valence-corrected chi connectivity index (χ3v) is 8.65. The summed E-state index contributed by atoms with van der Waals surface area (Å²) < 4.78 is 10.6. The van der Waals surface area contributed by atoms with E-state index in [-0.39, 0.29) is 23.7 Å². The Morgan fingerprint density at radius 2 is 1.39 bits per heavy atom. The molecule has 8 nitrogen and oxygen atoms in total. The van der Waals surface area contributed by atoms with E-state index in [1.807, 2.05) is 48.5 Å². The SMILES string of the molecule is COc1ccc(Cl)cc1NC(=O)COC(=O)[C@H](C(C)C)N1C(=O)[C@H]2C3c4ccccc4C(c4ccccc43)[C@@H]2C1=O. The van der Waals surface area contributed by atoms with Crippen molar-refractivity contribution in [1.82, 2.24) is 4.90 Å². The van der Waals surface area contributed by atoms with Crippen LogP contribution in [0.1, 0.15) is 47.9 Å². The van der Waals surface area contributed by atoms with Crippen LogP contribution in [0.25, 0.3) is 0 Å². The number of benzene rings is 3. The van der Waals surface area contributed by atoms with Crippen LogP contribution in [0.15, 0.2) is 66.7 Å². The maximum atomic E-state index is 14.1. The topological polar surface area (TPSA) is 102 Å². The molecule has 3 aliphatic carbocycles. The fraction of sp³-hybridized carbons (Fsp3) is 0.312. The van der Waals surface area contributed by atoms with Crippen LogP contribution < -0.4 is 10.1 Å². The highest BCUT2D eigenvalue weighted by Crippen LogP contribution is 2.61. The molecule has 7 rings (SSSR count). The van der Waals surface area contributed by atoms with Crippen LogP contribution in [0.5, 0.6) is 5.75 Å². The van der Waals surface area contributed by atoms with Crippen LogP contribution in [0.2, 0.25) is 5.02 Å². The molecule has 1 aliphatic heterocycles. The number of hydrogen-bond donors (Lipinski definition) is 1. The molecular formula is C32H29ClN2O6. The van der Waals surface area contributed by atoms with Gasteiger partial charge in [0.2, 0.25) is 11.8 Å². The Hall–Kier alpha value is -4.17. The molecule has 1 N–H and O–H groups in total. The zero-order valence-electron chi connectivity index (χ0n) is 22.8. The number of rotatable bonds is 7. The first-order valence-corrected chi connectivity index (χ1v) is 13.9. The number of halogens is 1. The number of hydrogen-bond acceptors (Lipinski definition) is 6. The van der Waals surface area contributed by atoms with Crippen molar-refractivity contribution in [3.8, 4) is 5.75 Å². The van der Waals surface area contributed by atoms with Crippen molar-refractivity contribution < 1.29 is 28.7 Å². The molecule has 3 aromatic carbocycles. The van der Waals surface area contributed by atoms with E-state index in [4.69, 9.17) is 21.1 Å². The van der Waals surface area contributed by atoms with E-state index >= 15 is 0 Å². The van der Waals surface area contributed by atoms with Crippen LogP contribution >= 0.6 is 11.6 Å². The second-order valence-corrected chi connectivity index (χ2v) is 11.4. The van der Waals surface area contributed by atoms with E-state index in [1.165, 1.54) is 13.2 Å². The summed E-state index contributed by atoms with van der Waals surface area (Å²) in [5.41, 5.74) is 4.54. The van der Waals surface area contributed by atoms with Crippen molar-refractivity contribution in [2.75, 3.05) is 19.0 Å². The van der Waals surface area contributed by atoms with E-state index in [0.717, 1.165) is 27.2 Å². The molecule has 3 amide bonds. The lowest BCUT2D eigenvalue weighted by molar-refractivity contribution is -0.162. The number of esters is 1. The van der Waals surface area contributed by atoms with E-state index < -0.39 is 42.3 Å². The van der Waals surface area contributed by atoms with E-state index in [2.05, 4.69) is 5.32 Å². The van der Waals surface area contributed by atoms with Gasteiger partial charge >= 0.3 is 5.97 Å². The lowest BCUT2D eigenvalue weighted by atomic mass is 9.55. The van der Waals surface area contributed by atoms with Crippen molar-refractivity contribution >= 4 is 41.0 Å². The van der Waals surface area contributed by atoms with Gasteiger partial charge in [0.1, 0.15) is 11.8 Å². The lowest BCUT2D eigenvalue weighted by Gasteiger charge is -2.45. The number of methoxy groups -OCH3 is 1. The van der Waals surface area contributed by atoms with E-state index in [1.54, 1.807) is 26.0 Å². The molecule has 0 aromatic heterocycles. The molecule has 1 saturated heterocycles. The average Bonchev–Trinajstić information content (AvgIpc) is 3.22. The minimum Gasteiger partial charge on any atom is -0.495 e. The zero-order valence-corrected chi connectivity index (χ0v) is 23.6. The number of nitrogens with one attached hydrogen (secondary N) is 1. The Bertz CT molecular complexity index is 1470. The fourth-order valence-corrected chi connectivity index (χ4v) is 7.01. The lowest BCUT2D eigenvalue weighted by Crippen LogP contribution is -2.49. The number of anilines is 1. The van der Waals surface area contributed by atoms with Crippen LogP contribution in [-0.4, -0.2) is 48.3 Å². The van der Waals surface area contributed by atoms with Crippen LogP contribution in [0, 0.1) is 17.8 Å². The molecule has 0 saturated carbocycles. The van der Waals surface area contributed by atoms with Gasteiger partial charge in [-0.2, -0.15) is 0 Å². The highest BCUT2D eigenvalue weighted by atomic mass is 35.5. The second kappa shape index (κ2) is 10.3. The molecule has 3 atom stereocenters. The van der Waals surface area contributed by atoms with Gasteiger partial charge in [0.05, 0.1) is 24.6 Å². The van der Waals surface area contributed by atoms with Crippen molar-refractivity contribution in [2.24, 2.45) is 17.8 Å². The van der Waals surface area contributed by atoms with Gasteiger partial charge in [-0.25, -0.2) is 4.79 Å². The smallest absolute Gasteiger partial charge is 0.330 e. The van der Waals surface area contributed by atoms with Crippen LogP contribution in [0.4, 0.5) is 5.69 Å². The standard InChI is InChI=1S/C32H29ClN2O6/c1-16(2)29(32(39)41-15-24(36)34-22-14-17(33)12-13-23(22)40-3)35-30(37)27-25-18-8-4-5-9-19(18)26(28(27)31(35)38)21-11-7-6-10-20(21)25/h4-14,16,25-29H,15H2,1-3H3,(H,34,36)/t25?,26?,27-,28-,29-/m0/s1. The minimum absolute atomic E-state index is 0.277. The number of likely N-dealkylation sites (tertiary alicyclic amines) is 1. The third kappa shape index (κ3) is 4.28. The van der Waals surface area contributed by atoms with Crippen LogP contribution in [-0.2, 0) is 23.9 Å². The maximum Gasteiger partial charge on any atom is 0.330 e. The van der Waals surface area contributed by atoms with Gasteiger partial charge in [0.25, 0.3) is 5.91 Å². The Balaban J connectivity index is 1.25. The molecule has 4 aliphatic rings. The van der Waals surface area contributed by atoms with Gasteiger partial charge in [-0.15, -0.1) is 0 Å². The third-order valence-electron chi connectivity index (χ3n) is 8.41. The number of amides is 3. The van der Waals surface area contributed by atoms with Gasteiger partial charge in [-0.05, 0) is 46.4 Å². The normalized spacial score (nSPS) is 22.6. The predicted octanol–water partition coefficient (Wildman–Crippen LogP) is 4.75. The minimum atomic E-state index is -1.17. The number of ether oxygens (including phenoxy) is 2. The number of carbonyl (C=O) groups excluding carboxylic acids is 4. The summed E-state index contributed by atoms with van der Waals surface area (Å²) >= 11 is 6.04. The van der Waals surface area contributed by atoms with Gasteiger partial charge < -0.3 is 14.8 Å². The second-order valence-electron chi connectivity index (χ2n) is 11.0. The van der Waals surface area contributed by atoms with E-state index in [0.29, 0.717) is 16.5 Å². The average molecular weight is 573 g/mol. The molecule has 41 heavy (non-hydrogen) atoms. The van der Waals surface area contributed by atoms with Crippen molar-refractivity contribution in [1.29, 1.82) is 0 Å². The highest BCUT2D eigenvalue weighted by Gasteiger charge is 2.63. The molecule has 0 spiro atoms. The highest BCUT2D eigenvalue weighted by molar-refractivity contribution is 6.31. The van der Waals surface area contributed by atoms with Gasteiger partial charge in [0.15, 0.2) is 6.61 Å². The quantitative estimate of drug-likeness (QED) is 0.324. The number of carbonyl (C=O) groups is 4. The molecule has 1 heterocycles. The molecule has 3 aromatic rings. The summed E-state index contributed by atoms with van der Waals surface area (Å²) in [6.45, 7) is 2.90. The summed E-state index contributed by atoms with van der Waals surface area (Å²) in [5.74, 6) is -3.98. The van der Waals surface area contributed by atoms with Crippen molar-refractivity contribution in [3.05, 3.63) is 94.0 Å². The largest absolute Gasteiger partial charge is 0.495 e.